The highest BCUT2D eigenvalue weighted by Gasteiger charge is 2.30. The molecule has 4 atom stereocenters. The van der Waals surface area contributed by atoms with E-state index in [0.717, 1.165) is 16.5 Å². The maximum Gasteiger partial charge on any atom is 0.326 e. The lowest BCUT2D eigenvalue weighted by molar-refractivity contribution is -0.142. The summed E-state index contributed by atoms with van der Waals surface area (Å²) in [6.45, 7) is -0.483. The number of rotatable bonds is 17. The first kappa shape index (κ1) is 31.2. The summed E-state index contributed by atoms with van der Waals surface area (Å²) in [5.74, 6) is -4.49. The Morgan fingerprint density at radius 2 is 1.54 bits per heavy atom. The molecule has 0 saturated heterocycles. The molecule has 12 N–H and O–H groups in total. The smallest absolute Gasteiger partial charge is 0.326 e. The first-order valence-electron chi connectivity index (χ1n) is 12.6. The van der Waals surface area contributed by atoms with Gasteiger partial charge in [0.2, 0.25) is 23.6 Å². The highest BCUT2D eigenvalue weighted by atomic mass is 16.4. The molecule has 0 fully saturated rings. The number of carboxylic acid groups (broad SMARTS) is 1. The number of aliphatic carboxylic acids is 1. The maximum absolute atomic E-state index is 13.0. The van der Waals surface area contributed by atoms with Crippen molar-refractivity contribution in [3.8, 4) is 0 Å². The van der Waals surface area contributed by atoms with Crippen molar-refractivity contribution in [1.29, 1.82) is 0 Å². The SMILES string of the molecule is NCCCCC(NC(=O)C(CO)NC(=O)C(CCC(N)=O)NC(=O)C(N)Cc1c[nH]c2ccccc12)C(=O)O. The number of H-pyrrole nitrogens is 1. The molecular weight excluding hydrogens is 510 g/mol. The monoisotopic (exact) mass is 547 g/mol. The summed E-state index contributed by atoms with van der Waals surface area (Å²) in [7, 11) is 0. The van der Waals surface area contributed by atoms with Gasteiger partial charge in [-0.1, -0.05) is 18.2 Å². The molecule has 0 aliphatic rings. The lowest BCUT2D eigenvalue weighted by Crippen LogP contribution is -2.58. The number of carbonyl (C=O) groups is 5. The third-order valence-corrected chi connectivity index (χ3v) is 6.14. The second kappa shape index (κ2) is 15.4. The van der Waals surface area contributed by atoms with Crippen molar-refractivity contribution >= 4 is 40.5 Å². The molecule has 0 spiro atoms. The Balaban J connectivity index is 2.06. The molecule has 39 heavy (non-hydrogen) atoms. The van der Waals surface area contributed by atoms with Gasteiger partial charge in [0.05, 0.1) is 12.6 Å². The Morgan fingerprint density at radius 3 is 2.18 bits per heavy atom. The Morgan fingerprint density at radius 1 is 0.897 bits per heavy atom. The highest BCUT2D eigenvalue weighted by Crippen LogP contribution is 2.18. The number of aliphatic hydroxyl groups is 1. The molecule has 1 aromatic heterocycles. The van der Waals surface area contributed by atoms with Gasteiger partial charge >= 0.3 is 5.97 Å². The van der Waals surface area contributed by atoms with Gasteiger partial charge in [0, 0.05) is 23.5 Å². The van der Waals surface area contributed by atoms with Crippen molar-refractivity contribution in [1.82, 2.24) is 20.9 Å². The molecule has 4 unspecified atom stereocenters. The number of primary amides is 1. The number of para-hydroxylation sites is 1. The van der Waals surface area contributed by atoms with Gasteiger partial charge in [0.1, 0.15) is 18.1 Å². The van der Waals surface area contributed by atoms with Gasteiger partial charge in [0.15, 0.2) is 0 Å². The molecule has 14 heteroatoms. The Hall–Kier alpha value is -4.01. The number of carboxylic acids is 1. The van der Waals surface area contributed by atoms with Crippen LogP contribution in [0, 0.1) is 0 Å². The number of carbonyl (C=O) groups excluding carboxylic acids is 4. The predicted octanol–water partition coefficient (Wildman–Crippen LogP) is -2.04. The minimum atomic E-state index is -1.51. The van der Waals surface area contributed by atoms with Gasteiger partial charge in [-0.15, -0.1) is 0 Å². The molecule has 0 bridgehead atoms. The number of benzene rings is 1. The van der Waals surface area contributed by atoms with Crippen LogP contribution in [0.1, 0.15) is 37.7 Å². The van der Waals surface area contributed by atoms with Crippen molar-refractivity contribution in [2.75, 3.05) is 13.2 Å². The van der Waals surface area contributed by atoms with Crippen molar-refractivity contribution in [3.05, 3.63) is 36.0 Å². The summed E-state index contributed by atoms with van der Waals surface area (Å²) in [4.78, 5) is 64.3. The van der Waals surface area contributed by atoms with Crippen LogP contribution in [0.15, 0.2) is 30.5 Å². The number of aliphatic hydroxyl groups excluding tert-OH is 1. The standard InChI is InChI=1S/C25H37N7O7/c26-10-4-3-7-19(25(38)39)31-24(37)20(13-33)32-23(36)18(8-9-21(28)34)30-22(35)16(27)11-14-12-29-17-6-2-1-5-15(14)17/h1-2,5-6,12,16,18-20,29,33H,3-4,7-11,13,26-27H2,(H2,28,34)(H,30,35)(H,31,37)(H,32,36)(H,38,39). The van der Waals surface area contributed by atoms with Crippen molar-refractivity contribution < 1.29 is 34.2 Å². The lowest BCUT2D eigenvalue weighted by Gasteiger charge is -2.24. The van der Waals surface area contributed by atoms with E-state index in [9.17, 15) is 34.2 Å². The van der Waals surface area contributed by atoms with E-state index in [2.05, 4.69) is 20.9 Å². The molecule has 0 aliphatic carbocycles. The largest absolute Gasteiger partial charge is 0.480 e. The summed E-state index contributed by atoms with van der Waals surface area (Å²) < 4.78 is 0. The van der Waals surface area contributed by atoms with Crippen molar-refractivity contribution in [3.63, 3.8) is 0 Å². The fraction of sp³-hybridized carbons (Fsp3) is 0.480. The van der Waals surface area contributed by atoms with Gasteiger partial charge in [-0.25, -0.2) is 4.79 Å². The number of aromatic nitrogens is 1. The predicted molar refractivity (Wildman–Crippen MR) is 142 cm³/mol. The van der Waals surface area contributed by atoms with Gasteiger partial charge in [-0.3, -0.25) is 19.2 Å². The van der Waals surface area contributed by atoms with Crippen LogP contribution in [0.4, 0.5) is 0 Å². The number of nitrogens with two attached hydrogens (primary N) is 3. The topological polar surface area (TPSA) is 256 Å². The Kier molecular flexibility index (Phi) is 12.3. The maximum atomic E-state index is 13.0. The molecule has 2 aromatic rings. The van der Waals surface area contributed by atoms with Crippen LogP contribution in [-0.2, 0) is 30.4 Å². The van der Waals surface area contributed by atoms with E-state index in [1.165, 1.54) is 0 Å². The van der Waals surface area contributed by atoms with Crippen LogP contribution in [0.2, 0.25) is 0 Å². The van der Waals surface area contributed by atoms with E-state index in [-0.39, 0.29) is 25.7 Å². The van der Waals surface area contributed by atoms with Crippen LogP contribution in [0.25, 0.3) is 10.9 Å². The van der Waals surface area contributed by atoms with Crippen molar-refractivity contribution in [2.45, 2.75) is 62.7 Å². The summed E-state index contributed by atoms with van der Waals surface area (Å²) in [6, 6.07) is 2.35. The minimum absolute atomic E-state index is 0.107. The first-order chi connectivity index (χ1) is 18.6. The molecule has 1 heterocycles. The van der Waals surface area contributed by atoms with Gasteiger partial charge in [-0.2, -0.15) is 0 Å². The zero-order valence-electron chi connectivity index (χ0n) is 21.5. The number of fused-ring (bicyclic) bond motifs is 1. The Labute approximate surface area is 225 Å². The number of hydrogen-bond acceptors (Lipinski definition) is 8. The summed E-state index contributed by atoms with van der Waals surface area (Å²) in [5.41, 5.74) is 18.4. The van der Waals surface area contributed by atoms with Crippen LogP contribution in [0.5, 0.6) is 0 Å². The van der Waals surface area contributed by atoms with E-state index in [0.29, 0.717) is 19.4 Å². The van der Waals surface area contributed by atoms with Crippen LogP contribution in [-0.4, -0.2) is 82.1 Å². The fourth-order valence-corrected chi connectivity index (χ4v) is 3.95. The van der Waals surface area contributed by atoms with E-state index in [1.807, 2.05) is 24.3 Å². The molecule has 4 amide bonds. The molecule has 2 rings (SSSR count). The molecular formula is C25H37N7O7. The van der Waals surface area contributed by atoms with Crippen LogP contribution < -0.4 is 33.2 Å². The number of unbranched alkanes of at least 4 members (excludes halogenated alkanes) is 1. The van der Waals surface area contributed by atoms with Crippen LogP contribution >= 0.6 is 0 Å². The van der Waals surface area contributed by atoms with Crippen molar-refractivity contribution in [2.24, 2.45) is 17.2 Å². The van der Waals surface area contributed by atoms with Gasteiger partial charge in [-0.05, 0) is 50.3 Å². The molecule has 0 saturated carbocycles. The molecule has 214 valence electrons. The second-order valence-electron chi connectivity index (χ2n) is 9.16. The fourth-order valence-electron chi connectivity index (χ4n) is 3.95. The molecule has 14 nitrogen and oxygen atoms in total. The first-order valence-corrected chi connectivity index (χ1v) is 12.6. The van der Waals surface area contributed by atoms with E-state index in [1.54, 1.807) is 6.20 Å². The zero-order valence-corrected chi connectivity index (χ0v) is 21.5. The van der Waals surface area contributed by atoms with Crippen LogP contribution in [0.3, 0.4) is 0 Å². The third-order valence-electron chi connectivity index (χ3n) is 6.14. The Bertz CT molecular complexity index is 1150. The average Bonchev–Trinajstić information content (AvgIpc) is 3.31. The third kappa shape index (κ3) is 9.67. The van der Waals surface area contributed by atoms with E-state index in [4.69, 9.17) is 17.2 Å². The highest BCUT2D eigenvalue weighted by molar-refractivity contribution is 5.94. The second-order valence-corrected chi connectivity index (χ2v) is 9.16. The summed E-state index contributed by atoms with van der Waals surface area (Å²) >= 11 is 0. The summed E-state index contributed by atoms with van der Waals surface area (Å²) in [6.07, 6.45) is 2.56. The number of aromatic amines is 1. The lowest BCUT2D eigenvalue weighted by atomic mass is 10.0. The number of nitrogens with one attached hydrogen (secondary N) is 4. The molecule has 0 radical (unpaired) electrons. The number of hydrogen-bond donors (Lipinski definition) is 9. The van der Waals surface area contributed by atoms with Gasteiger partial charge < -0.3 is 48.3 Å². The van der Waals surface area contributed by atoms with E-state index >= 15 is 0 Å². The minimum Gasteiger partial charge on any atom is -0.480 e. The average molecular weight is 548 g/mol. The zero-order chi connectivity index (χ0) is 28.9. The van der Waals surface area contributed by atoms with Gasteiger partial charge in [0.25, 0.3) is 0 Å². The molecule has 1 aromatic carbocycles. The number of amides is 4. The van der Waals surface area contributed by atoms with E-state index < -0.39 is 60.4 Å². The quantitative estimate of drug-likeness (QED) is 0.0987. The molecule has 0 aliphatic heterocycles. The normalized spacial score (nSPS) is 14.1. The summed E-state index contributed by atoms with van der Waals surface area (Å²) in [5, 5.41) is 27.0.